The number of halogens is 1. The van der Waals surface area contributed by atoms with Gasteiger partial charge in [-0.25, -0.2) is 4.79 Å². The van der Waals surface area contributed by atoms with Crippen molar-refractivity contribution in [2.75, 3.05) is 16.8 Å². The Morgan fingerprint density at radius 3 is 2.61 bits per heavy atom. The van der Waals surface area contributed by atoms with Gasteiger partial charge in [-0.1, -0.05) is 55.8 Å². The number of carbonyl (C=O) groups excluding carboxylic acids is 2. The fourth-order valence-corrected chi connectivity index (χ4v) is 6.35. The Morgan fingerprint density at radius 1 is 1.21 bits per heavy atom. The number of carboxylic acid groups (broad SMARTS) is 1. The van der Waals surface area contributed by atoms with Gasteiger partial charge in [0.2, 0.25) is 11.8 Å². The first-order chi connectivity index (χ1) is 15.7. The lowest BCUT2D eigenvalue weighted by Gasteiger charge is -2.33. The molecule has 0 unspecified atom stereocenters. The maximum atomic E-state index is 14.1. The summed E-state index contributed by atoms with van der Waals surface area (Å²) < 4.78 is 0. The number of rotatable bonds is 4. The van der Waals surface area contributed by atoms with E-state index in [-0.39, 0.29) is 29.0 Å². The van der Waals surface area contributed by atoms with Crippen LogP contribution in [0.3, 0.4) is 0 Å². The highest BCUT2D eigenvalue weighted by atomic mass is 35.5. The number of benzene rings is 2. The molecule has 33 heavy (non-hydrogen) atoms. The van der Waals surface area contributed by atoms with Crippen molar-refractivity contribution in [3.63, 3.8) is 0 Å². The predicted molar refractivity (Wildman–Crippen MR) is 129 cm³/mol. The molecule has 0 fully saturated rings. The first kappa shape index (κ1) is 21.7. The third kappa shape index (κ3) is 3.18. The molecule has 8 heteroatoms. The largest absolute Gasteiger partial charge is 0.477 e. The lowest BCUT2D eigenvalue weighted by atomic mass is 9.74. The number of anilines is 2. The highest BCUT2D eigenvalue weighted by molar-refractivity contribution is 7.15. The van der Waals surface area contributed by atoms with Crippen LogP contribution < -0.4 is 10.2 Å². The lowest BCUT2D eigenvalue weighted by molar-refractivity contribution is -0.126. The molecule has 3 heterocycles. The Kier molecular flexibility index (Phi) is 5.06. The SMILES string of the molecule is CC(C)CN1C(=O)[C@]2(CC(=O)Nc3c2sc(C(=O)O)c3-c2ccccc2)c2cc(Cl)ccc21. The van der Waals surface area contributed by atoms with Crippen molar-refractivity contribution in [3.05, 3.63) is 68.9 Å². The zero-order chi connectivity index (χ0) is 23.5. The molecule has 0 bridgehead atoms. The van der Waals surface area contributed by atoms with Crippen LogP contribution in [0.4, 0.5) is 11.4 Å². The molecule has 2 aliphatic rings. The van der Waals surface area contributed by atoms with Gasteiger partial charge in [-0.3, -0.25) is 9.59 Å². The van der Waals surface area contributed by atoms with E-state index in [0.29, 0.717) is 44.5 Å². The number of nitrogens with zero attached hydrogens (tertiary/aromatic N) is 1. The van der Waals surface area contributed by atoms with Gasteiger partial charge in [0, 0.05) is 22.8 Å². The molecule has 1 aromatic heterocycles. The van der Waals surface area contributed by atoms with Crippen LogP contribution in [-0.2, 0) is 15.0 Å². The molecule has 0 radical (unpaired) electrons. The molecule has 0 saturated carbocycles. The molecule has 2 aliphatic heterocycles. The molecule has 2 aromatic carbocycles. The van der Waals surface area contributed by atoms with E-state index >= 15 is 0 Å². The van der Waals surface area contributed by atoms with Crippen LogP contribution >= 0.6 is 22.9 Å². The van der Waals surface area contributed by atoms with Crippen molar-refractivity contribution in [2.45, 2.75) is 25.7 Å². The summed E-state index contributed by atoms with van der Waals surface area (Å²) >= 11 is 7.40. The number of nitrogens with one attached hydrogen (secondary N) is 1. The second kappa shape index (κ2) is 7.71. The standard InChI is InChI=1S/C25H21ClN2O4S/c1-13(2)12-28-17-9-8-15(26)10-16(17)25(24(28)32)11-18(29)27-20-19(14-6-4-3-5-7-14)21(23(30)31)33-22(20)25/h3-10,13H,11-12H2,1-2H3,(H,27,29)(H,30,31)/t25-/m1/s1. The quantitative estimate of drug-likeness (QED) is 0.523. The summed E-state index contributed by atoms with van der Waals surface area (Å²) in [5.41, 5.74) is 1.54. The number of carboxylic acids is 1. The minimum Gasteiger partial charge on any atom is -0.477 e. The zero-order valence-electron chi connectivity index (χ0n) is 18.0. The van der Waals surface area contributed by atoms with E-state index < -0.39 is 11.4 Å². The van der Waals surface area contributed by atoms with Crippen LogP contribution in [0.2, 0.25) is 5.02 Å². The third-order valence-corrected chi connectivity index (χ3v) is 7.68. The first-order valence-corrected chi connectivity index (χ1v) is 11.8. The van der Waals surface area contributed by atoms with Gasteiger partial charge in [0.25, 0.3) is 0 Å². The van der Waals surface area contributed by atoms with E-state index in [4.69, 9.17) is 11.6 Å². The summed E-state index contributed by atoms with van der Waals surface area (Å²) in [6.45, 7) is 4.52. The smallest absolute Gasteiger partial charge is 0.346 e. The summed E-state index contributed by atoms with van der Waals surface area (Å²) in [6, 6.07) is 14.3. The Hall–Kier alpha value is -3.16. The Bertz CT molecular complexity index is 1320. The van der Waals surface area contributed by atoms with E-state index in [9.17, 15) is 19.5 Å². The number of aromatic carboxylic acids is 1. The molecule has 0 aliphatic carbocycles. The molecule has 0 saturated heterocycles. The Labute approximate surface area is 199 Å². The molecule has 2 amide bonds. The normalized spacial score (nSPS) is 19.1. The third-order valence-electron chi connectivity index (χ3n) is 6.11. The highest BCUT2D eigenvalue weighted by Crippen LogP contribution is 2.58. The average molecular weight is 481 g/mol. The monoisotopic (exact) mass is 480 g/mol. The molecule has 2 N–H and O–H groups in total. The number of carbonyl (C=O) groups is 3. The van der Waals surface area contributed by atoms with Crippen molar-refractivity contribution in [1.82, 2.24) is 0 Å². The summed E-state index contributed by atoms with van der Waals surface area (Å²) in [7, 11) is 0. The lowest BCUT2D eigenvalue weighted by Crippen LogP contribution is -2.46. The van der Waals surface area contributed by atoms with Crippen LogP contribution in [0.5, 0.6) is 0 Å². The second-order valence-electron chi connectivity index (χ2n) is 8.78. The van der Waals surface area contributed by atoms with Gasteiger partial charge in [0.15, 0.2) is 0 Å². The van der Waals surface area contributed by atoms with E-state index in [1.165, 1.54) is 0 Å². The van der Waals surface area contributed by atoms with Gasteiger partial charge in [-0.05, 0) is 35.2 Å². The number of amides is 2. The van der Waals surface area contributed by atoms with Gasteiger partial charge >= 0.3 is 5.97 Å². The molecule has 3 aromatic rings. The molecule has 5 rings (SSSR count). The molecular weight excluding hydrogens is 460 g/mol. The highest BCUT2D eigenvalue weighted by Gasteiger charge is 2.58. The average Bonchev–Trinajstić information content (AvgIpc) is 3.25. The van der Waals surface area contributed by atoms with Gasteiger partial charge in [0.05, 0.1) is 17.0 Å². The van der Waals surface area contributed by atoms with Crippen LogP contribution in [0.15, 0.2) is 48.5 Å². The fourth-order valence-electron chi connectivity index (χ4n) is 4.86. The van der Waals surface area contributed by atoms with Crippen molar-refractivity contribution in [2.24, 2.45) is 5.92 Å². The van der Waals surface area contributed by atoms with Crippen LogP contribution in [0.25, 0.3) is 11.1 Å². The van der Waals surface area contributed by atoms with E-state index in [0.717, 1.165) is 11.3 Å². The zero-order valence-corrected chi connectivity index (χ0v) is 19.6. The Balaban J connectivity index is 1.84. The van der Waals surface area contributed by atoms with Crippen molar-refractivity contribution in [3.8, 4) is 11.1 Å². The summed E-state index contributed by atoms with van der Waals surface area (Å²) in [6.07, 6.45) is -0.103. The number of hydrogen-bond acceptors (Lipinski definition) is 4. The molecule has 168 valence electrons. The summed E-state index contributed by atoms with van der Waals surface area (Å²) in [5.74, 6) is -1.46. The van der Waals surface area contributed by atoms with Crippen molar-refractivity contribution < 1.29 is 19.5 Å². The number of fused-ring (bicyclic) bond motifs is 4. The predicted octanol–water partition coefficient (Wildman–Crippen LogP) is 5.40. The fraction of sp³-hybridized carbons (Fsp3) is 0.240. The Morgan fingerprint density at radius 2 is 1.94 bits per heavy atom. The van der Waals surface area contributed by atoms with Crippen LogP contribution in [0.1, 0.15) is 40.4 Å². The molecule has 1 atom stereocenters. The van der Waals surface area contributed by atoms with Gasteiger partial charge in [-0.2, -0.15) is 0 Å². The van der Waals surface area contributed by atoms with E-state index in [1.807, 2.05) is 38.1 Å². The minimum atomic E-state index is -1.31. The topological polar surface area (TPSA) is 86.7 Å². The first-order valence-electron chi connectivity index (χ1n) is 10.6. The van der Waals surface area contributed by atoms with Crippen molar-refractivity contribution >= 4 is 52.1 Å². The number of thiophene rings is 1. The van der Waals surface area contributed by atoms with Crippen LogP contribution in [-0.4, -0.2) is 29.4 Å². The molecular formula is C25H21ClN2O4S. The molecule has 6 nitrogen and oxygen atoms in total. The summed E-state index contributed by atoms with van der Waals surface area (Å²) in [4.78, 5) is 41.8. The van der Waals surface area contributed by atoms with E-state index in [2.05, 4.69) is 5.32 Å². The van der Waals surface area contributed by atoms with Crippen molar-refractivity contribution in [1.29, 1.82) is 0 Å². The summed E-state index contributed by atoms with van der Waals surface area (Å²) in [5, 5.41) is 13.4. The van der Waals surface area contributed by atoms with E-state index in [1.54, 1.807) is 29.2 Å². The van der Waals surface area contributed by atoms with Gasteiger partial charge in [0.1, 0.15) is 10.3 Å². The van der Waals surface area contributed by atoms with Gasteiger partial charge < -0.3 is 15.3 Å². The maximum Gasteiger partial charge on any atom is 0.346 e. The maximum absolute atomic E-state index is 14.1. The minimum absolute atomic E-state index is 0.0893. The number of hydrogen-bond donors (Lipinski definition) is 2. The second-order valence-corrected chi connectivity index (χ2v) is 10.2. The molecule has 1 spiro atoms. The van der Waals surface area contributed by atoms with Crippen LogP contribution in [0, 0.1) is 5.92 Å². The van der Waals surface area contributed by atoms with Gasteiger partial charge in [-0.15, -0.1) is 11.3 Å².